The summed E-state index contributed by atoms with van der Waals surface area (Å²) in [7, 11) is 3.65. The van der Waals surface area contributed by atoms with Crippen LogP contribution in [0.2, 0.25) is 0 Å². The van der Waals surface area contributed by atoms with Crippen molar-refractivity contribution in [2.75, 3.05) is 37.9 Å². The van der Waals surface area contributed by atoms with Gasteiger partial charge in [0.2, 0.25) is 0 Å². The van der Waals surface area contributed by atoms with Gasteiger partial charge in [-0.2, -0.15) is 0 Å². The van der Waals surface area contributed by atoms with Gasteiger partial charge in [0, 0.05) is 41.1 Å². The Morgan fingerprint density at radius 3 is 2.45 bits per heavy atom. The number of halogens is 1. The molecule has 1 heterocycles. The number of aliphatic carboxylic acids is 1. The number of likely N-dealkylation sites (N-methyl/N-ethyl adjacent to an activating group) is 1. The largest absolute Gasteiger partial charge is 0.496 e. The molecule has 0 aromatic heterocycles. The number of anilines is 2. The lowest BCUT2D eigenvalue weighted by Gasteiger charge is -2.25. The van der Waals surface area contributed by atoms with E-state index in [4.69, 9.17) is 9.84 Å². The van der Waals surface area contributed by atoms with Gasteiger partial charge < -0.3 is 14.7 Å². The van der Waals surface area contributed by atoms with E-state index in [0.29, 0.717) is 5.75 Å². The maximum absolute atomic E-state index is 13.3. The molecule has 1 aliphatic rings. The fraction of sp³-hybridized carbons (Fsp3) is 0.435. The molecule has 2 aromatic carbocycles. The highest BCUT2D eigenvalue weighted by Gasteiger charge is 2.23. The minimum absolute atomic E-state index is 0.0506. The normalized spacial score (nSPS) is 13.6. The van der Waals surface area contributed by atoms with Crippen molar-refractivity contribution in [1.82, 2.24) is 4.31 Å². The van der Waals surface area contributed by atoms with E-state index >= 15 is 0 Å². The average molecular weight is 467 g/mol. The first-order chi connectivity index (χ1) is 14.9. The van der Waals surface area contributed by atoms with E-state index in [1.54, 1.807) is 31.2 Å². The number of unbranched alkanes of at least 4 members (excludes halogenated alkanes) is 1. The molecule has 0 aliphatic carbocycles. The van der Waals surface area contributed by atoms with Gasteiger partial charge in [0.1, 0.15) is 11.6 Å². The Morgan fingerprint density at radius 2 is 1.87 bits per heavy atom. The second kappa shape index (κ2) is 12.8. The molecule has 0 unspecified atom stereocenters. The number of nitrogens with zero attached hydrogens (tertiary/aromatic N) is 2. The van der Waals surface area contributed by atoms with Crippen LogP contribution in [0.1, 0.15) is 32.3 Å². The van der Waals surface area contributed by atoms with Gasteiger partial charge in [-0.3, -0.25) is 4.79 Å². The predicted molar refractivity (Wildman–Crippen MR) is 129 cm³/mol. The minimum Gasteiger partial charge on any atom is -0.496 e. The Labute approximate surface area is 193 Å². The molecule has 5 nitrogen and oxygen atoms in total. The fourth-order valence-corrected chi connectivity index (χ4v) is 4.58. The third kappa shape index (κ3) is 7.63. The first-order valence-corrected chi connectivity index (χ1v) is 12.2. The van der Waals surface area contributed by atoms with Crippen LogP contribution in [0.15, 0.2) is 41.3 Å². The van der Waals surface area contributed by atoms with Crippen LogP contribution >= 0.6 is 23.7 Å². The van der Waals surface area contributed by atoms with Gasteiger partial charge in [0.25, 0.3) is 0 Å². The molecule has 0 radical (unpaired) electrons. The number of carboxylic acids is 1. The SMILES string of the molecule is CCCC.COc1cc2c(cc1CSCC(=O)O)SN(C)CCN2c1ccc(F)cc1. The molecule has 0 saturated carbocycles. The fourth-order valence-electron chi connectivity index (χ4n) is 2.89. The summed E-state index contributed by atoms with van der Waals surface area (Å²) in [5.74, 6) is 0.247. The third-order valence-corrected chi connectivity index (χ3v) is 6.65. The number of carboxylic acid groups (broad SMARTS) is 1. The summed E-state index contributed by atoms with van der Waals surface area (Å²) in [6.45, 7) is 5.96. The molecule has 1 N–H and O–H groups in total. The molecule has 31 heavy (non-hydrogen) atoms. The Balaban J connectivity index is 0.000000785. The van der Waals surface area contributed by atoms with Gasteiger partial charge in [0.15, 0.2) is 0 Å². The summed E-state index contributed by atoms with van der Waals surface area (Å²) in [4.78, 5) is 14.0. The Kier molecular flexibility index (Phi) is 10.5. The summed E-state index contributed by atoms with van der Waals surface area (Å²) in [5, 5.41) is 8.87. The van der Waals surface area contributed by atoms with Crippen LogP contribution in [0.25, 0.3) is 0 Å². The van der Waals surface area contributed by atoms with Crippen molar-refractivity contribution in [3.05, 3.63) is 47.8 Å². The molecule has 0 fully saturated rings. The minimum atomic E-state index is -0.828. The molecular formula is C23H31FN2O3S2. The second-order valence-electron chi connectivity index (χ2n) is 7.09. The molecular weight excluding hydrogens is 435 g/mol. The van der Waals surface area contributed by atoms with Gasteiger partial charge >= 0.3 is 5.97 Å². The van der Waals surface area contributed by atoms with E-state index in [1.165, 1.54) is 36.7 Å². The van der Waals surface area contributed by atoms with E-state index in [1.807, 2.05) is 13.1 Å². The summed E-state index contributed by atoms with van der Waals surface area (Å²) in [5.41, 5.74) is 2.88. The van der Waals surface area contributed by atoms with Crippen LogP contribution in [-0.4, -0.2) is 48.4 Å². The van der Waals surface area contributed by atoms with E-state index in [0.717, 1.165) is 40.7 Å². The number of carbonyl (C=O) groups is 1. The van der Waals surface area contributed by atoms with Gasteiger partial charge in [-0.05, 0) is 49.3 Å². The van der Waals surface area contributed by atoms with Crippen LogP contribution < -0.4 is 9.64 Å². The zero-order chi connectivity index (χ0) is 22.8. The highest BCUT2D eigenvalue weighted by molar-refractivity contribution is 7.99. The Bertz CT molecular complexity index is 847. The van der Waals surface area contributed by atoms with E-state index in [2.05, 4.69) is 29.1 Å². The van der Waals surface area contributed by atoms with Crippen LogP contribution in [0.4, 0.5) is 15.8 Å². The van der Waals surface area contributed by atoms with Gasteiger partial charge in [-0.1, -0.05) is 26.7 Å². The topological polar surface area (TPSA) is 53.0 Å². The lowest BCUT2D eigenvalue weighted by Crippen LogP contribution is -2.24. The first-order valence-electron chi connectivity index (χ1n) is 10.3. The number of hydrogen-bond acceptors (Lipinski definition) is 6. The van der Waals surface area contributed by atoms with E-state index < -0.39 is 5.97 Å². The number of ether oxygens (including phenoxy) is 1. The maximum atomic E-state index is 13.3. The molecule has 0 spiro atoms. The highest BCUT2D eigenvalue weighted by atomic mass is 32.2. The van der Waals surface area contributed by atoms with E-state index in [9.17, 15) is 9.18 Å². The Hall–Kier alpha value is -1.90. The van der Waals surface area contributed by atoms with Crippen molar-refractivity contribution in [2.45, 2.75) is 37.3 Å². The van der Waals surface area contributed by atoms with Crippen LogP contribution in [-0.2, 0) is 10.5 Å². The molecule has 2 aromatic rings. The molecule has 0 atom stereocenters. The molecule has 8 heteroatoms. The molecule has 0 bridgehead atoms. The predicted octanol–water partition coefficient (Wildman–Crippen LogP) is 6.05. The zero-order valence-electron chi connectivity index (χ0n) is 18.6. The summed E-state index contributed by atoms with van der Waals surface area (Å²) >= 11 is 2.99. The summed E-state index contributed by atoms with van der Waals surface area (Å²) in [6.07, 6.45) is 2.64. The number of thioether (sulfide) groups is 1. The Morgan fingerprint density at radius 1 is 1.19 bits per heavy atom. The molecule has 0 saturated heterocycles. The molecule has 0 amide bonds. The van der Waals surface area contributed by atoms with Crippen LogP contribution in [0.3, 0.4) is 0 Å². The lowest BCUT2D eigenvalue weighted by molar-refractivity contribution is -0.133. The number of benzene rings is 2. The van der Waals surface area contributed by atoms with Crippen LogP contribution in [0, 0.1) is 5.82 Å². The lowest BCUT2D eigenvalue weighted by atomic mass is 10.1. The highest BCUT2D eigenvalue weighted by Crippen LogP contribution is 2.42. The maximum Gasteiger partial charge on any atom is 0.313 e. The molecule has 1 aliphatic heterocycles. The molecule has 3 rings (SSSR count). The van der Waals surface area contributed by atoms with Gasteiger partial charge in [-0.15, -0.1) is 11.8 Å². The standard InChI is InChI=1S/C19H21FN2O3S2.C4H10/c1-21-7-8-22(15-5-3-14(20)4-6-15)16-10-17(25-2)13(9-18(16)27-21)11-26-12-19(23)24;1-3-4-2/h3-6,9-10H,7-8,11-12H2,1-2H3,(H,23,24);3-4H2,1-2H3. The van der Waals surface area contributed by atoms with E-state index in [-0.39, 0.29) is 11.6 Å². The molecule has 170 valence electrons. The number of hydrogen-bond donors (Lipinski definition) is 1. The number of rotatable bonds is 7. The second-order valence-corrected chi connectivity index (χ2v) is 9.32. The zero-order valence-corrected chi connectivity index (χ0v) is 20.2. The van der Waals surface area contributed by atoms with Crippen molar-refractivity contribution < 1.29 is 19.0 Å². The quantitative estimate of drug-likeness (QED) is 0.499. The summed E-state index contributed by atoms with van der Waals surface area (Å²) in [6, 6.07) is 10.5. The average Bonchev–Trinajstić information content (AvgIpc) is 2.91. The van der Waals surface area contributed by atoms with Gasteiger partial charge in [-0.25, -0.2) is 8.70 Å². The third-order valence-electron chi connectivity index (χ3n) is 4.67. The van der Waals surface area contributed by atoms with Crippen molar-refractivity contribution in [1.29, 1.82) is 0 Å². The van der Waals surface area contributed by atoms with Crippen molar-refractivity contribution in [2.24, 2.45) is 0 Å². The number of methoxy groups -OCH3 is 1. The van der Waals surface area contributed by atoms with Crippen molar-refractivity contribution in [3.63, 3.8) is 0 Å². The van der Waals surface area contributed by atoms with Crippen molar-refractivity contribution >= 4 is 41.1 Å². The van der Waals surface area contributed by atoms with Gasteiger partial charge in [0.05, 0.1) is 18.6 Å². The summed E-state index contributed by atoms with van der Waals surface area (Å²) < 4.78 is 21.1. The van der Waals surface area contributed by atoms with Crippen molar-refractivity contribution in [3.8, 4) is 5.75 Å². The smallest absolute Gasteiger partial charge is 0.313 e. The number of fused-ring (bicyclic) bond motifs is 1. The first kappa shape index (κ1) is 25.4. The monoisotopic (exact) mass is 466 g/mol. The van der Waals surface area contributed by atoms with Crippen LogP contribution in [0.5, 0.6) is 5.75 Å².